The van der Waals surface area contributed by atoms with Crippen molar-refractivity contribution in [1.82, 2.24) is 10.4 Å². The largest absolute Gasteiger partial charge is 0.481 e. The zero-order valence-electron chi connectivity index (χ0n) is 12.4. The molecule has 0 fully saturated rings. The molecule has 7 nitrogen and oxygen atoms in total. The van der Waals surface area contributed by atoms with Crippen molar-refractivity contribution >= 4 is 34.3 Å². The van der Waals surface area contributed by atoms with Crippen LogP contribution in [0.5, 0.6) is 0 Å². The maximum absolute atomic E-state index is 12.5. The van der Waals surface area contributed by atoms with Gasteiger partial charge >= 0.3 is 5.97 Å². The van der Waals surface area contributed by atoms with Crippen LogP contribution in [-0.4, -0.2) is 33.5 Å². The molecule has 3 rings (SSSR count). The molecule has 1 aromatic carbocycles. The fraction of sp³-hybridized carbons (Fsp3) is 0.250. The summed E-state index contributed by atoms with van der Waals surface area (Å²) in [5, 5.41) is 13.9. The second kappa shape index (κ2) is 5.68. The molecule has 2 aromatic rings. The maximum Gasteiger partial charge on any atom is 0.308 e. The molecule has 3 N–H and O–H groups in total. The number of amides is 1. The summed E-state index contributed by atoms with van der Waals surface area (Å²) in [7, 11) is 0. The summed E-state index contributed by atoms with van der Waals surface area (Å²) in [6.45, 7) is 1.58. The number of nitrogens with zero attached hydrogens (tertiary/aromatic N) is 1. The quantitative estimate of drug-likeness (QED) is 0.727. The van der Waals surface area contributed by atoms with E-state index in [1.54, 1.807) is 19.2 Å². The molecule has 2 atom stereocenters. The van der Waals surface area contributed by atoms with E-state index in [1.165, 1.54) is 0 Å². The number of ketones is 1. The van der Waals surface area contributed by atoms with Crippen molar-refractivity contribution in [3.8, 4) is 0 Å². The smallest absolute Gasteiger partial charge is 0.308 e. The molecule has 0 bridgehead atoms. The number of para-hydroxylation sites is 1. The number of carboxylic acid groups (broad SMARTS) is 1. The van der Waals surface area contributed by atoms with Gasteiger partial charge in [0.15, 0.2) is 5.78 Å². The van der Waals surface area contributed by atoms with Crippen LogP contribution < -0.4 is 5.43 Å². The number of fused-ring (bicyclic) bond motifs is 1. The Morgan fingerprint density at radius 1 is 1.35 bits per heavy atom. The summed E-state index contributed by atoms with van der Waals surface area (Å²) in [5.74, 6) is -4.04. The monoisotopic (exact) mass is 313 g/mol. The van der Waals surface area contributed by atoms with Crippen molar-refractivity contribution in [2.45, 2.75) is 13.3 Å². The van der Waals surface area contributed by atoms with Gasteiger partial charge in [-0.3, -0.25) is 14.4 Å². The number of hydrogen-bond acceptors (Lipinski definition) is 4. The van der Waals surface area contributed by atoms with Crippen molar-refractivity contribution in [2.75, 3.05) is 0 Å². The normalized spacial score (nSPS) is 18.6. The van der Waals surface area contributed by atoms with E-state index in [-0.39, 0.29) is 12.2 Å². The summed E-state index contributed by atoms with van der Waals surface area (Å²) < 4.78 is 0. The highest BCUT2D eigenvalue weighted by Gasteiger charge is 2.40. The third kappa shape index (κ3) is 2.61. The summed E-state index contributed by atoms with van der Waals surface area (Å²) in [5.41, 5.74) is 3.88. The molecular weight excluding hydrogens is 298 g/mol. The molecule has 1 aliphatic heterocycles. The third-order valence-corrected chi connectivity index (χ3v) is 4.09. The van der Waals surface area contributed by atoms with E-state index >= 15 is 0 Å². The number of carbonyl (C=O) groups is 3. The van der Waals surface area contributed by atoms with Gasteiger partial charge in [0.25, 0.3) is 0 Å². The van der Waals surface area contributed by atoms with Crippen LogP contribution in [0.2, 0.25) is 0 Å². The number of H-pyrrole nitrogens is 1. The van der Waals surface area contributed by atoms with Gasteiger partial charge < -0.3 is 10.1 Å². The Labute approximate surface area is 131 Å². The number of rotatable bonds is 5. The number of Topliss-reactive ketones (excluding diaryl/α,β-unsaturated/α-hetero) is 1. The molecule has 1 aromatic heterocycles. The standard InChI is InChI=1S/C16H15N3O4/c1-8-14(15(21)19-18-8)10(16(22)23)6-13(20)11-7-17-12-5-3-2-4-9(11)12/h2-5,7,10,14,17H,6H2,1H3,(H,19,21)(H,22,23). The number of carboxylic acids is 1. The van der Waals surface area contributed by atoms with Gasteiger partial charge in [-0.1, -0.05) is 18.2 Å². The second-order valence-corrected chi connectivity index (χ2v) is 5.53. The minimum Gasteiger partial charge on any atom is -0.481 e. The molecule has 0 radical (unpaired) electrons. The van der Waals surface area contributed by atoms with Crippen molar-refractivity contribution in [3.63, 3.8) is 0 Å². The van der Waals surface area contributed by atoms with E-state index in [0.717, 1.165) is 10.9 Å². The van der Waals surface area contributed by atoms with Crippen molar-refractivity contribution in [2.24, 2.45) is 16.9 Å². The molecule has 0 spiro atoms. The number of hydrogen-bond donors (Lipinski definition) is 3. The van der Waals surface area contributed by atoms with E-state index in [9.17, 15) is 19.5 Å². The Hall–Kier alpha value is -2.96. The average Bonchev–Trinajstić information content (AvgIpc) is 3.09. The molecule has 1 amide bonds. The Kier molecular flexibility index (Phi) is 3.69. The minimum atomic E-state index is -1.19. The first kappa shape index (κ1) is 15.0. The molecule has 118 valence electrons. The van der Waals surface area contributed by atoms with Crippen LogP contribution in [0.15, 0.2) is 35.6 Å². The lowest BCUT2D eigenvalue weighted by Crippen LogP contribution is -2.35. The van der Waals surface area contributed by atoms with Gasteiger partial charge in [0.05, 0.1) is 11.8 Å². The van der Waals surface area contributed by atoms with E-state index < -0.39 is 23.7 Å². The van der Waals surface area contributed by atoms with Crippen LogP contribution in [0.1, 0.15) is 23.7 Å². The van der Waals surface area contributed by atoms with E-state index in [2.05, 4.69) is 15.5 Å². The number of carbonyl (C=O) groups excluding carboxylic acids is 2. The Bertz CT molecular complexity index is 837. The first-order valence-electron chi connectivity index (χ1n) is 7.15. The lowest BCUT2D eigenvalue weighted by Gasteiger charge is -2.16. The van der Waals surface area contributed by atoms with Gasteiger partial charge in [-0.05, 0) is 13.0 Å². The number of aliphatic carboxylic acids is 1. The molecule has 2 unspecified atom stereocenters. The first-order chi connectivity index (χ1) is 11.0. The fourth-order valence-electron chi connectivity index (χ4n) is 2.91. The van der Waals surface area contributed by atoms with Crippen LogP contribution >= 0.6 is 0 Å². The van der Waals surface area contributed by atoms with Crippen molar-refractivity contribution in [3.05, 3.63) is 36.0 Å². The van der Waals surface area contributed by atoms with Crippen LogP contribution in [0.4, 0.5) is 0 Å². The summed E-state index contributed by atoms with van der Waals surface area (Å²) >= 11 is 0. The number of benzene rings is 1. The zero-order chi connectivity index (χ0) is 16.6. The van der Waals surface area contributed by atoms with Crippen LogP contribution in [0.25, 0.3) is 10.9 Å². The van der Waals surface area contributed by atoms with E-state index in [0.29, 0.717) is 11.3 Å². The number of hydrazone groups is 1. The van der Waals surface area contributed by atoms with Gasteiger partial charge in [0, 0.05) is 34.8 Å². The van der Waals surface area contributed by atoms with E-state index in [4.69, 9.17) is 0 Å². The molecule has 0 saturated heterocycles. The highest BCUT2D eigenvalue weighted by molar-refractivity contribution is 6.12. The Balaban J connectivity index is 1.89. The summed E-state index contributed by atoms with van der Waals surface area (Å²) in [4.78, 5) is 38.9. The van der Waals surface area contributed by atoms with Crippen LogP contribution in [-0.2, 0) is 9.59 Å². The van der Waals surface area contributed by atoms with E-state index in [1.807, 2.05) is 18.2 Å². The average molecular weight is 313 g/mol. The van der Waals surface area contributed by atoms with Gasteiger partial charge in [-0.2, -0.15) is 5.10 Å². The maximum atomic E-state index is 12.5. The van der Waals surface area contributed by atoms with Gasteiger partial charge in [0.1, 0.15) is 0 Å². The lowest BCUT2D eigenvalue weighted by molar-refractivity contribution is -0.145. The van der Waals surface area contributed by atoms with Crippen LogP contribution in [0, 0.1) is 11.8 Å². The molecule has 2 heterocycles. The molecular formula is C16H15N3O4. The topological polar surface area (TPSA) is 112 Å². The molecule has 1 aliphatic rings. The lowest BCUT2D eigenvalue weighted by atomic mass is 9.84. The van der Waals surface area contributed by atoms with Crippen molar-refractivity contribution in [1.29, 1.82) is 0 Å². The number of nitrogens with one attached hydrogen (secondary N) is 2. The molecule has 23 heavy (non-hydrogen) atoms. The molecule has 0 saturated carbocycles. The van der Waals surface area contributed by atoms with Gasteiger partial charge in [0.2, 0.25) is 5.91 Å². The highest BCUT2D eigenvalue weighted by Crippen LogP contribution is 2.26. The highest BCUT2D eigenvalue weighted by atomic mass is 16.4. The predicted octanol–water partition coefficient (Wildman–Crippen LogP) is 1.56. The first-order valence-corrected chi connectivity index (χ1v) is 7.15. The zero-order valence-corrected chi connectivity index (χ0v) is 12.4. The predicted molar refractivity (Wildman–Crippen MR) is 83.1 cm³/mol. The number of aromatic amines is 1. The SMILES string of the molecule is CC1=NNC(=O)C1C(CC(=O)c1c[nH]c2ccccc12)C(=O)O. The molecule has 0 aliphatic carbocycles. The Morgan fingerprint density at radius 3 is 2.74 bits per heavy atom. The third-order valence-electron chi connectivity index (χ3n) is 4.09. The minimum absolute atomic E-state index is 0.262. The number of aromatic nitrogens is 1. The van der Waals surface area contributed by atoms with Gasteiger partial charge in [-0.15, -0.1) is 0 Å². The Morgan fingerprint density at radius 2 is 2.09 bits per heavy atom. The fourth-order valence-corrected chi connectivity index (χ4v) is 2.91. The summed E-state index contributed by atoms with van der Waals surface area (Å²) in [6, 6.07) is 7.28. The second-order valence-electron chi connectivity index (χ2n) is 5.53. The summed E-state index contributed by atoms with van der Waals surface area (Å²) in [6.07, 6.45) is 1.31. The van der Waals surface area contributed by atoms with Gasteiger partial charge in [-0.25, -0.2) is 5.43 Å². The van der Waals surface area contributed by atoms with Crippen molar-refractivity contribution < 1.29 is 19.5 Å². The van der Waals surface area contributed by atoms with Crippen LogP contribution in [0.3, 0.4) is 0 Å². The molecule has 7 heteroatoms.